The first kappa shape index (κ1) is 15.8. The zero-order valence-electron chi connectivity index (χ0n) is 11.7. The number of hydrogen-bond donors (Lipinski definition) is 3. The molecule has 1 fully saturated rings. The fourth-order valence-electron chi connectivity index (χ4n) is 2.51. The molecular formula is C15H20ClN3O2. The van der Waals surface area contributed by atoms with Gasteiger partial charge in [0.2, 0.25) is 5.91 Å². The highest BCUT2D eigenvalue weighted by Crippen LogP contribution is 2.17. The summed E-state index contributed by atoms with van der Waals surface area (Å²) < 4.78 is 5.42. The van der Waals surface area contributed by atoms with Gasteiger partial charge in [-0.05, 0) is 18.1 Å². The molecule has 5 nitrogen and oxygen atoms in total. The summed E-state index contributed by atoms with van der Waals surface area (Å²) in [5, 5.41) is 7.31. The number of para-hydroxylation sites is 1. The van der Waals surface area contributed by atoms with Crippen molar-refractivity contribution in [3.05, 3.63) is 36.0 Å². The number of halogens is 1. The lowest BCUT2D eigenvalue weighted by atomic mass is 10.1. The molecule has 0 radical (unpaired) electrons. The first-order chi connectivity index (χ1) is 9.84. The average Bonchev–Trinajstić information content (AvgIpc) is 2.92. The van der Waals surface area contributed by atoms with E-state index >= 15 is 0 Å². The van der Waals surface area contributed by atoms with Crippen LogP contribution in [-0.4, -0.2) is 43.2 Å². The number of aromatic nitrogens is 1. The van der Waals surface area contributed by atoms with Crippen LogP contribution >= 0.6 is 12.4 Å². The van der Waals surface area contributed by atoms with E-state index in [2.05, 4.69) is 27.8 Å². The van der Waals surface area contributed by atoms with Gasteiger partial charge in [-0.25, -0.2) is 0 Å². The number of carbonyl (C=O) groups is 1. The third kappa shape index (κ3) is 3.75. The Kier molecular flexibility index (Phi) is 5.61. The van der Waals surface area contributed by atoms with Crippen LogP contribution in [0.1, 0.15) is 5.56 Å². The van der Waals surface area contributed by atoms with Gasteiger partial charge in [-0.3, -0.25) is 4.79 Å². The van der Waals surface area contributed by atoms with Crippen molar-refractivity contribution in [1.82, 2.24) is 15.6 Å². The maximum absolute atomic E-state index is 11.9. The number of aromatic amines is 1. The van der Waals surface area contributed by atoms with E-state index in [0.717, 1.165) is 18.5 Å². The maximum atomic E-state index is 11.9. The van der Waals surface area contributed by atoms with Gasteiger partial charge >= 0.3 is 0 Å². The molecule has 1 aliphatic heterocycles. The minimum atomic E-state index is -0.355. The first-order valence-electron chi connectivity index (χ1n) is 6.99. The Hall–Kier alpha value is -1.56. The summed E-state index contributed by atoms with van der Waals surface area (Å²) >= 11 is 0. The van der Waals surface area contributed by atoms with E-state index in [1.165, 1.54) is 10.9 Å². The largest absolute Gasteiger partial charge is 0.366 e. The van der Waals surface area contributed by atoms with Crippen molar-refractivity contribution in [1.29, 1.82) is 0 Å². The molecule has 1 aliphatic rings. The molecule has 1 amide bonds. The second-order valence-corrected chi connectivity index (χ2v) is 4.96. The first-order valence-corrected chi connectivity index (χ1v) is 6.99. The second-order valence-electron chi connectivity index (χ2n) is 4.96. The van der Waals surface area contributed by atoms with Crippen molar-refractivity contribution in [2.24, 2.45) is 0 Å². The van der Waals surface area contributed by atoms with Gasteiger partial charge in [0, 0.05) is 36.7 Å². The molecule has 1 atom stereocenters. The molecule has 0 aliphatic carbocycles. The summed E-state index contributed by atoms with van der Waals surface area (Å²) in [5.41, 5.74) is 2.36. The number of hydrogen-bond acceptors (Lipinski definition) is 3. The number of rotatable bonds is 4. The molecule has 3 rings (SSSR count). The molecule has 1 unspecified atom stereocenters. The smallest absolute Gasteiger partial charge is 0.250 e. The zero-order valence-corrected chi connectivity index (χ0v) is 12.5. The van der Waals surface area contributed by atoms with Crippen molar-refractivity contribution < 1.29 is 9.53 Å². The highest BCUT2D eigenvalue weighted by molar-refractivity contribution is 5.85. The number of ether oxygens (including phenoxy) is 1. The SMILES string of the molecule is Cl.O=C(NCCc1c[nH]c2ccccc12)C1CNCCO1. The van der Waals surface area contributed by atoms with Gasteiger partial charge in [0.25, 0.3) is 0 Å². The molecule has 2 aromatic rings. The highest BCUT2D eigenvalue weighted by Gasteiger charge is 2.21. The molecule has 21 heavy (non-hydrogen) atoms. The molecule has 0 spiro atoms. The van der Waals surface area contributed by atoms with Gasteiger partial charge in [0.1, 0.15) is 6.10 Å². The molecule has 1 saturated heterocycles. The Bertz CT molecular complexity index is 593. The summed E-state index contributed by atoms with van der Waals surface area (Å²) in [4.78, 5) is 15.1. The zero-order chi connectivity index (χ0) is 13.8. The predicted molar refractivity (Wildman–Crippen MR) is 84.9 cm³/mol. The number of benzene rings is 1. The standard InChI is InChI=1S/C15H19N3O2.ClH/c19-15(14-10-16-7-8-20-14)17-6-5-11-9-18-13-4-2-1-3-12(11)13;/h1-4,9,14,16,18H,5-8,10H2,(H,17,19);1H. The molecule has 6 heteroatoms. The van der Waals surface area contributed by atoms with E-state index in [-0.39, 0.29) is 24.4 Å². The minimum Gasteiger partial charge on any atom is -0.366 e. The van der Waals surface area contributed by atoms with Gasteiger partial charge in [-0.15, -0.1) is 12.4 Å². The molecule has 0 saturated carbocycles. The van der Waals surface area contributed by atoms with Gasteiger partial charge < -0.3 is 20.4 Å². The lowest BCUT2D eigenvalue weighted by Crippen LogP contribution is -2.48. The average molecular weight is 310 g/mol. The van der Waals surface area contributed by atoms with Gasteiger partial charge in [-0.2, -0.15) is 0 Å². The van der Waals surface area contributed by atoms with E-state index in [4.69, 9.17) is 4.74 Å². The Morgan fingerprint density at radius 2 is 2.24 bits per heavy atom. The lowest BCUT2D eigenvalue weighted by molar-refractivity contribution is -0.134. The second kappa shape index (κ2) is 7.45. The minimum absolute atomic E-state index is 0. The van der Waals surface area contributed by atoms with Gasteiger partial charge in [0.05, 0.1) is 6.61 Å². The van der Waals surface area contributed by atoms with Crippen molar-refractivity contribution in [2.75, 3.05) is 26.2 Å². The lowest BCUT2D eigenvalue weighted by Gasteiger charge is -2.22. The van der Waals surface area contributed by atoms with Crippen LogP contribution in [-0.2, 0) is 16.0 Å². The summed E-state index contributed by atoms with van der Waals surface area (Å²) in [5.74, 6) is -0.0305. The van der Waals surface area contributed by atoms with Crippen molar-refractivity contribution in [3.63, 3.8) is 0 Å². The summed E-state index contributed by atoms with van der Waals surface area (Å²) in [7, 11) is 0. The molecule has 1 aromatic heterocycles. The van der Waals surface area contributed by atoms with E-state index in [0.29, 0.717) is 19.7 Å². The third-order valence-electron chi connectivity index (χ3n) is 3.59. The van der Waals surface area contributed by atoms with Crippen molar-refractivity contribution in [2.45, 2.75) is 12.5 Å². The van der Waals surface area contributed by atoms with Crippen LogP contribution < -0.4 is 10.6 Å². The number of amides is 1. The number of nitrogens with one attached hydrogen (secondary N) is 3. The quantitative estimate of drug-likeness (QED) is 0.796. The van der Waals surface area contributed by atoms with Crippen LogP contribution in [0.2, 0.25) is 0 Å². The van der Waals surface area contributed by atoms with E-state index in [1.54, 1.807) is 0 Å². The Labute approximate surface area is 129 Å². The van der Waals surface area contributed by atoms with Crippen molar-refractivity contribution in [3.8, 4) is 0 Å². The molecule has 3 N–H and O–H groups in total. The molecule has 114 valence electrons. The normalized spacial score (nSPS) is 18.2. The summed E-state index contributed by atoms with van der Waals surface area (Å²) in [6.45, 7) is 2.64. The Morgan fingerprint density at radius 3 is 3.05 bits per heavy atom. The van der Waals surface area contributed by atoms with Crippen LogP contribution in [0, 0.1) is 0 Å². The topological polar surface area (TPSA) is 66.2 Å². The fraction of sp³-hybridized carbons (Fsp3) is 0.400. The van der Waals surface area contributed by atoms with E-state index in [1.807, 2.05) is 18.3 Å². The number of fused-ring (bicyclic) bond motifs is 1. The summed E-state index contributed by atoms with van der Waals surface area (Å²) in [6, 6.07) is 8.19. The molecule has 1 aromatic carbocycles. The summed E-state index contributed by atoms with van der Waals surface area (Å²) in [6.07, 6.45) is 2.47. The third-order valence-corrected chi connectivity index (χ3v) is 3.59. The molecule has 0 bridgehead atoms. The van der Waals surface area contributed by atoms with Crippen LogP contribution in [0.4, 0.5) is 0 Å². The van der Waals surface area contributed by atoms with Gasteiger partial charge in [0.15, 0.2) is 0 Å². The number of morpholine rings is 1. The van der Waals surface area contributed by atoms with Crippen LogP contribution in [0.5, 0.6) is 0 Å². The van der Waals surface area contributed by atoms with Crippen molar-refractivity contribution >= 4 is 29.2 Å². The van der Waals surface area contributed by atoms with Gasteiger partial charge in [-0.1, -0.05) is 18.2 Å². The molecular weight excluding hydrogens is 290 g/mol. The van der Waals surface area contributed by atoms with E-state index < -0.39 is 0 Å². The Morgan fingerprint density at radius 1 is 1.38 bits per heavy atom. The maximum Gasteiger partial charge on any atom is 0.250 e. The fourth-order valence-corrected chi connectivity index (χ4v) is 2.51. The highest BCUT2D eigenvalue weighted by atomic mass is 35.5. The van der Waals surface area contributed by atoms with Crippen LogP contribution in [0.15, 0.2) is 30.5 Å². The van der Waals surface area contributed by atoms with E-state index in [9.17, 15) is 4.79 Å². The Balaban J connectivity index is 0.00000161. The number of carbonyl (C=O) groups excluding carboxylic acids is 1. The van der Waals surface area contributed by atoms with Crippen LogP contribution in [0.25, 0.3) is 10.9 Å². The monoisotopic (exact) mass is 309 g/mol. The predicted octanol–water partition coefficient (Wildman–Crippen LogP) is 1.24. The molecule has 2 heterocycles. The number of H-pyrrole nitrogens is 1. The van der Waals surface area contributed by atoms with Crippen LogP contribution in [0.3, 0.4) is 0 Å².